The van der Waals surface area contributed by atoms with Crippen LogP contribution in [0.15, 0.2) is 52.6 Å². The number of amidine groups is 1. The third-order valence-electron chi connectivity index (χ3n) is 5.15. The van der Waals surface area contributed by atoms with Crippen molar-refractivity contribution in [3.8, 4) is 0 Å². The number of benzene rings is 1. The number of ether oxygens (including phenoxy) is 1. The molecule has 0 spiro atoms. The number of amides is 1. The molecule has 0 bridgehead atoms. The number of allylic oxidation sites excluding steroid dienone is 2. The highest BCUT2D eigenvalue weighted by atomic mass is 32.2. The number of hydrogen-bond donors (Lipinski definition) is 0. The standard InChI is InChI=1S/C20H21N3O5S/c1-13-12-15-6-3-4-8-17(15)23(13)19(24)14(2)28-20(25)16-7-5-9-22-10-11-29(26,27)21-18(16)22/h3-9,13-14H,10-12H2,1-2H3. The van der Waals surface area contributed by atoms with Crippen molar-refractivity contribution in [3.05, 3.63) is 53.8 Å². The zero-order valence-electron chi connectivity index (χ0n) is 16.1. The fourth-order valence-corrected chi connectivity index (χ4v) is 4.73. The molecule has 8 nitrogen and oxygen atoms in total. The van der Waals surface area contributed by atoms with Gasteiger partial charge in [0.25, 0.3) is 15.9 Å². The Morgan fingerprint density at radius 2 is 2.03 bits per heavy atom. The maximum absolute atomic E-state index is 13.0. The van der Waals surface area contributed by atoms with Crippen LogP contribution in [-0.4, -0.2) is 55.5 Å². The molecule has 3 heterocycles. The molecule has 1 aromatic rings. The van der Waals surface area contributed by atoms with Crippen LogP contribution in [-0.2, 0) is 30.8 Å². The van der Waals surface area contributed by atoms with Crippen LogP contribution >= 0.6 is 0 Å². The normalized spacial score (nSPS) is 22.9. The molecule has 1 amide bonds. The number of para-hydroxylation sites is 1. The molecule has 2 unspecified atom stereocenters. The molecular weight excluding hydrogens is 394 g/mol. The molecule has 0 aliphatic carbocycles. The Kier molecular flexibility index (Phi) is 4.77. The van der Waals surface area contributed by atoms with Crippen LogP contribution in [0.25, 0.3) is 0 Å². The summed E-state index contributed by atoms with van der Waals surface area (Å²) in [5.41, 5.74) is 1.91. The lowest BCUT2D eigenvalue weighted by atomic mass is 10.1. The highest BCUT2D eigenvalue weighted by Gasteiger charge is 2.36. The van der Waals surface area contributed by atoms with Gasteiger partial charge in [-0.3, -0.25) is 4.79 Å². The van der Waals surface area contributed by atoms with Crippen molar-refractivity contribution < 1.29 is 22.7 Å². The summed E-state index contributed by atoms with van der Waals surface area (Å²) in [7, 11) is -3.63. The zero-order chi connectivity index (χ0) is 20.8. The minimum atomic E-state index is -3.63. The minimum absolute atomic E-state index is 0.0188. The Labute approximate surface area is 169 Å². The number of carbonyl (C=O) groups excluding carboxylic acids is 2. The summed E-state index contributed by atoms with van der Waals surface area (Å²) < 4.78 is 32.8. The number of nitrogens with zero attached hydrogens (tertiary/aromatic N) is 3. The molecule has 0 saturated heterocycles. The first-order valence-electron chi connectivity index (χ1n) is 9.37. The van der Waals surface area contributed by atoms with E-state index in [1.165, 1.54) is 13.0 Å². The van der Waals surface area contributed by atoms with Crippen molar-refractivity contribution in [1.29, 1.82) is 0 Å². The van der Waals surface area contributed by atoms with Crippen LogP contribution in [0.1, 0.15) is 19.4 Å². The predicted octanol–water partition coefficient (Wildman–Crippen LogP) is 1.39. The molecule has 9 heteroatoms. The van der Waals surface area contributed by atoms with Gasteiger partial charge in [0.2, 0.25) is 0 Å². The van der Waals surface area contributed by atoms with Crippen LogP contribution in [0.4, 0.5) is 5.69 Å². The number of sulfonamides is 1. The van der Waals surface area contributed by atoms with Crippen molar-refractivity contribution in [2.45, 2.75) is 32.4 Å². The van der Waals surface area contributed by atoms with Gasteiger partial charge in [0.1, 0.15) is 5.57 Å². The number of hydrogen-bond acceptors (Lipinski definition) is 6. The SMILES string of the molecule is CC(OC(=O)C1=CC=CN2CCS(=O)(=O)N=C12)C(=O)N1c2ccccc2CC1C. The van der Waals surface area contributed by atoms with E-state index in [1.54, 1.807) is 22.1 Å². The van der Waals surface area contributed by atoms with Crippen LogP contribution in [0.2, 0.25) is 0 Å². The van der Waals surface area contributed by atoms with Crippen LogP contribution < -0.4 is 4.90 Å². The average molecular weight is 415 g/mol. The van der Waals surface area contributed by atoms with E-state index in [4.69, 9.17) is 4.74 Å². The molecule has 152 valence electrons. The Morgan fingerprint density at radius 1 is 1.28 bits per heavy atom. The fraction of sp³-hybridized carbons (Fsp3) is 0.350. The Morgan fingerprint density at radius 3 is 2.83 bits per heavy atom. The molecule has 0 radical (unpaired) electrons. The second kappa shape index (κ2) is 7.14. The first-order chi connectivity index (χ1) is 13.8. The summed E-state index contributed by atoms with van der Waals surface area (Å²) in [6.07, 6.45) is 4.43. The van der Waals surface area contributed by atoms with E-state index < -0.39 is 22.1 Å². The number of esters is 1. The van der Waals surface area contributed by atoms with E-state index >= 15 is 0 Å². The fourth-order valence-electron chi connectivity index (χ4n) is 3.75. The van der Waals surface area contributed by atoms with Gasteiger partial charge in [0.15, 0.2) is 11.9 Å². The molecular formula is C20H21N3O5S. The van der Waals surface area contributed by atoms with Crippen molar-refractivity contribution in [1.82, 2.24) is 4.90 Å². The Bertz CT molecular complexity index is 1070. The molecule has 0 aromatic heterocycles. The Hall–Kier alpha value is -2.94. The summed E-state index contributed by atoms with van der Waals surface area (Å²) in [5, 5.41) is 0. The summed E-state index contributed by atoms with van der Waals surface area (Å²) in [4.78, 5) is 29.0. The summed E-state index contributed by atoms with van der Waals surface area (Å²) in [6, 6.07) is 7.60. The smallest absolute Gasteiger partial charge is 0.342 e. The van der Waals surface area contributed by atoms with Gasteiger partial charge in [-0.15, -0.1) is 4.40 Å². The van der Waals surface area contributed by atoms with Crippen LogP contribution in [0, 0.1) is 0 Å². The van der Waals surface area contributed by atoms with Gasteiger partial charge in [0, 0.05) is 24.5 Å². The van der Waals surface area contributed by atoms with Gasteiger partial charge in [-0.2, -0.15) is 0 Å². The third-order valence-corrected chi connectivity index (χ3v) is 6.30. The molecule has 3 aliphatic rings. The van der Waals surface area contributed by atoms with E-state index in [1.807, 2.05) is 31.2 Å². The number of carbonyl (C=O) groups is 2. The predicted molar refractivity (Wildman–Crippen MR) is 108 cm³/mol. The second-order valence-corrected chi connectivity index (χ2v) is 9.01. The molecule has 3 aliphatic heterocycles. The lowest BCUT2D eigenvalue weighted by molar-refractivity contribution is -0.149. The lowest BCUT2D eigenvalue weighted by Crippen LogP contribution is -2.44. The lowest BCUT2D eigenvalue weighted by Gasteiger charge is -2.29. The highest BCUT2D eigenvalue weighted by molar-refractivity contribution is 7.90. The molecule has 2 atom stereocenters. The van der Waals surface area contributed by atoms with Gasteiger partial charge in [0.05, 0.1) is 5.75 Å². The summed E-state index contributed by atoms with van der Waals surface area (Å²) in [5.74, 6) is -1.19. The van der Waals surface area contributed by atoms with Crippen molar-refractivity contribution >= 4 is 33.4 Å². The minimum Gasteiger partial charge on any atom is -0.449 e. The Balaban J connectivity index is 1.53. The molecule has 29 heavy (non-hydrogen) atoms. The zero-order valence-corrected chi connectivity index (χ0v) is 16.9. The van der Waals surface area contributed by atoms with Crippen molar-refractivity contribution in [2.24, 2.45) is 4.40 Å². The molecule has 0 N–H and O–H groups in total. The van der Waals surface area contributed by atoms with Gasteiger partial charge >= 0.3 is 5.97 Å². The molecule has 0 fully saturated rings. The maximum Gasteiger partial charge on any atom is 0.342 e. The van der Waals surface area contributed by atoms with Gasteiger partial charge in [-0.1, -0.05) is 18.2 Å². The summed E-state index contributed by atoms with van der Waals surface area (Å²) in [6.45, 7) is 3.67. The van der Waals surface area contributed by atoms with Crippen molar-refractivity contribution in [3.63, 3.8) is 0 Å². The molecule has 0 saturated carbocycles. The van der Waals surface area contributed by atoms with Gasteiger partial charge < -0.3 is 14.5 Å². The van der Waals surface area contributed by atoms with E-state index in [-0.39, 0.29) is 35.7 Å². The van der Waals surface area contributed by atoms with E-state index in [0.717, 1.165) is 17.7 Å². The maximum atomic E-state index is 13.0. The van der Waals surface area contributed by atoms with E-state index in [0.29, 0.717) is 0 Å². The quantitative estimate of drug-likeness (QED) is 0.693. The number of anilines is 1. The van der Waals surface area contributed by atoms with E-state index in [9.17, 15) is 18.0 Å². The van der Waals surface area contributed by atoms with Crippen LogP contribution in [0.3, 0.4) is 0 Å². The van der Waals surface area contributed by atoms with Crippen LogP contribution in [0.5, 0.6) is 0 Å². The second-order valence-electron chi connectivity index (χ2n) is 7.25. The topological polar surface area (TPSA) is 96.3 Å². The molecule has 1 aromatic carbocycles. The number of rotatable bonds is 3. The largest absolute Gasteiger partial charge is 0.449 e. The monoisotopic (exact) mass is 415 g/mol. The van der Waals surface area contributed by atoms with Gasteiger partial charge in [-0.25, -0.2) is 13.2 Å². The third kappa shape index (κ3) is 3.57. The van der Waals surface area contributed by atoms with E-state index in [2.05, 4.69) is 4.40 Å². The first kappa shape index (κ1) is 19.4. The number of fused-ring (bicyclic) bond motifs is 2. The highest BCUT2D eigenvalue weighted by Crippen LogP contribution is 2.32. The molecule has 4 rings (SSSR count). The average Bonchev–Trinajstić information content (AvgIpc) is 3.01. The van der Waals surface area contributed by atoms with Crippen molar-refractivity contribution in [2.75, 3.05) is 17.2 Å². The van der Waals surface area contributed by atoms with Gasteiger partial charge in [-0.05, 0) is 44.1 Å². The first-order valence-corrected chi connectivity index (χ1v) is 11.0. The summed E-state index contributed by atoms with van der Waals surface area (Å²) >= 11 is 0.